The van der Waals surface area contributed by atoms with Gasteiger partial charge in [0.15, 0.2) is 9.84 Å². The molecule has 2 N–H and O–H groups in total. The van der Waals surface area contributed by atoms with E-state index in [1.165, 1.54) is 14.2 Å². The molecule has 5 nitrogen and oxygen atoms in total. The third-order valence-electron chi connectivity index (χ3n) is 2.80. The molecule has 0 radical (unpaired) electrons. The minimum absolute atomic E-state index is 0.00490. The molecule has 0 spiro atoms. The first-order chi connectivity index (χ1) is 8.89. The summed E-state index contributed by atoms with van der Waals surface area (Å²) in [7, 11) is -0.219. The van der Waals surface area contributed by atoms with Crippen molar-refractivity contribution in [2.24, 2.45) is 5.73 Å². The summed E-state index contributed by atoms with van der Waals surface area (Å²) in [6.45, 7) is 2.04. The minimum Gasteiger partial charge on any atom is -0.496 e. The Morgan fingerprint density at radius 3 is 2.53 bits per heavy atom. The fourth-order valence-electron chi connectivity index (χ4n) is 1.71. The summed E-state index contributed by atoms with van der Waals surface area (Å²) in [6.07, 6.45) is 0. The Morgan fingerprint density at radius 1 is 1.32 bits per heavy atom. The minimum atomic E-state index is -3.22. The normalized spacial score (nSPS) is 13.3. The van der Waals surface area contributed by atoms with Crippen LogP contribution in [0.1, 0.15) is 24.1 Å². The van der Waals surface area contributed by atoms with Crippen LogP contribution < -0.4 is 10.5 Å². The molecule has 1 rings (SSSR count). The summed E-state index contributed by atoms with van der Waals surface area (Å²) in [6, 6.07) is 5.23. The van der Waals surface area contributed by atoms with E-state index < -0.39 is 9.84 Å². The molecular formula is C13H21NO4S. The highest BCUT2D eigenvalue weighted by Crippen LogP contribution is 2.24. The number of benzene rings is 1. The molecular weight excluding hydrogens is 266 g/mol. The van der Waals surface area contributed by atoms with Crippen LogP contribution in [0.4, 0.5) is 0 Å². The van der Waals surface area contributed by atoms with Crippen molar-refractivity contribution in [1.29, 1.82) is 0 Å². The Balaban J connectivity index is 3.01. The zero-order valence-electron chi connectivity index (χ0n) is 11.5. The first kappa shape index (κ1) is 15.9. The van der Waals surface area contributed by atoms with Crippen LogP contribution >= 0.6 is 0 Å². The van der Waals surface area contributed by atoms with Crippen LogP contribution in [0.25, 0.3) is 0 Å². The first-order valence-electron chi connectivity index (χ1n) is 6.01. The monoisotopic (exact) mass is 287 g/mol. The molecule has 0 amide bonds. The SMILES string of the molecule is COCCS(=O)(=O)Cc1cc(C(C)N)ccc1OC. The van der Waals surface area contributed by atoms with Gasteiger partial charge < -0.3 is 15.2 Å². The van der Waals surface area contributed by atoms with Crippen LogP contribution in [-0.4, -0.2) is 35.0 Å². The molecule has 0 saturated carbocycles. The maximum Gasteiger partial charge on any atom is 0.156 e. The van der Waals surface area contributed by atoms with Gasteiger partial charge in [-0.2, -0.15) is 0 Å². The summed E-state index contributed by atoms with van der Waals surface area (Å²) >= 11 is 0. The van der Waals surface area contributed by atoms with Gasteiger partial charge in [-0.05, 0) is 24.6 Å². The van der Waals surface area contributed by atoms with Gasteiger partial charge in [-0.25, -0.2) is 8.42 Å². The lowest BCUT2D eigenvalue weighted by Gasteiger charge is -2.13. The number of sulfone groups is 1. The molecule has 108 valence electrons. The van der Waals surface area contributed by atoms with Gasteiger partial charge in [0.25, 0.3) is 0 Å². The maximum absolute atomic E-state index is 11.9. The second-order valence-corrected chi connectivity index (χ2v) is 6.63. The Bertz CT molecular complexity index is 511. The van der Waals surface area contributed by atoms with E-state index in [2.05, 4.69) is 0 Å². The van der Waals surface area contributed by atoms with Crippen molar-refractivity contribution >= 4 is 9.84 Å². The van der Waals surface area contributed by atoms with Crippen LogP contribution in [0.3, 0.4) is 0 Å². The molecule has 0 aliphatic heterocycles. The van der Waals surface area contributed by atoms with Gasteiger partial charge in [-0.1, -0.05) is 6.07 Å². The van der Waals surface area contributed by atoms with E-state index in [4.69, 9.17) is 15.2 Å². The van der Waals surface area contributed by atoms with E-state index in [9.17, 15) is 8.42 Å². The number of ether oxygens (including phenoxy) is 2. The van der Waals surface area contributed by atoms with Gasteiger partial charge in [0, 0.05) is 18.7 Å². The maximum atomic E-state index is 11.9. The van der Waals surface area contributed by atoms with E-state index in [-0.39, 0.29) is 24.2 Å². The van der Waals surface area contributed by atoms with Crippen LogP contribution in [0.2, 0.25) is 0 Å². The zero-order valence-corrected chi connectivity index (χ0v) is 12.4. The first-order valence-corrected chi connectivity index (χ1v) is 7.83. The van der Waals surface area contributed by atoms with Crippen LogP contribution in [0.5, 0.6) is 5.75 Å². The standard InChI is InChI=1S/C13H21NO4S/c1-10(14)11-4-5-13(18-3)12(8-11)9-19(15,16)7-6-17-2/h4-5,8,10H,6-7,9,14H2,1-3H3. The van der Waals surface area contributed by atoms with Crippen molar-refractivity contribution in [1.82, 2.24) is 0 Å². The van der Waals surface area contributed by atoms with E-state index in [0.717, 1.165) is 5.56 Å². The molecule has 0 aliphatic carbocycles. The molecule has 0 fully saturated rings. The van der Waals surface area contributed by atoms with Crippen molar-refractivity contribution in [2.75, 3.05) is 26.6 Å². The predicted molar refractivity (Wildman–Crippen MR) is 75.0 cm³/mol. The Morgan fingerprint density at radius 2 is 2.00 bits per heavy atom. The fraction of sp³-hybridized carbons (Fsp3) is 0.538. The molecule has 0 aromatic heterocycles. The third kappa shape index (κ3) is 4.81. The lowest BCUT2D eigenvalue weighted by atomic mass is 10.1. The van der Waals surface area contributed by atoms with Crippen molar-refractivity contribution in [3.05, 3.63) is 29.3 Å². The molecule has 0 aliphatic rings. The Kier molecular flexibility index (Phi) is 5.78. The third-order valence-corrected chi connectivity index (χ3v) is 4.34. The zero-order chi connectivity index (χ0) is 14.5. The summed E-state index contributed by atoms with van der Waals surface area (Å²) in [4.78, 5) is 0. The van der Waals surface area contributed by atoms with Crippen LogP contribution in [-0.2, 0) is 20.3 Å². The molecule has 19 heavy (non-hydrogen) atoms. The largest absolute Gasteiger partial charge is 0.496 e. The van der Waals surface area contributed by atoms with E-state index >= 15 is 0 Å². The second kappa shape index (κ2) is 6.88. The van der Waals surface area contributed by atoms with Crippen molar-refractivity contribution in [3.63, 3.8) is 0 Å². The van der Waals surface area contributed by atoms with Crippen LogP contribution in [0.15, 0.2) is 18.2 Å². The Hall–Kier alpha value is -1.11. The topological polar surface area (TPSA) is 78.6 Å². The van der Waals surface area contributed by atoms with Gasteiger partial charge in [-0.15, -0.1) is 0 Å². The summed E-state index contributed by atoms with van der Waals surface area (Å²) < 4.78 is 33.9. The number of rotatable bonds is 7. The van der Waals surface area contributed by atoms with Crippen LogP contribution in [0, 0.1) is 0 Å². The Labute approximate surface area is 114 Å². The molecule has 1 unspecified atom stereocenters. The molecule has 1 atom stereocenters. The van der Waals surface area contributed by atoms with Crippen molar-refractivity contribution < 1.29 is 17.9 Å². The van der Waals surface area contributed by atoms with Crippen molar-refractivity contribution in [2.45, 2.75) is 18.7 Å². The molecule has 6 heteroatoms. The van der Waals surface area contributed by atoms with Gasteiger partial charge in [0.2, 0.25) is 0 Å². The lowest BCUT2D eigenvalue weighted by Crippen LogP contribution is -2.14. The molecule has 0 saturated heterocycles. The van der Waals surface area contributed by atoms with Gasteiger partial charge in [-0.3, -0.25) is 0 Å². The molecule has 1 aromatic rings. The lowest BCUT2D eigenvalue weighted by molar-refractivity contribution is 0.217. The highest BCUT2D eigenvalue weighted by Gasteiger charge is 2.16. The highest BCUT2D eigenvalue weighted by atomic mass is 32.2. The van der Waals surface area contributed by atoms with Gasteiger partial charge >= 0.3 is 0 Å². The van der Waals surface area contributed by atoms with Gasteiger partial charge in [0.1, 0.15) is 5.75 Å². The average Bonchev–Trinajstić information content (AvgIpc) is 2.35. The summed E-state index contributed by atoms with van der Waals surface area (Å²) in [5.74, 6) is 0.486. The van der Waals surface area contributed by atoms with Gasteiger partial charge in [0.05, 0.1) is 25.2 Å². The van der Waals surface area contributed by atoms with Crippen molar-refractivity contribution in [3.8, 4) is 5.75 Å². The van der Waals surface area contributed by atoms with E-state index in [1.807, 2.05) is 13.0 Å². The molecule has 1 aromatic carbocycles. The highest BCUT2D eigenvalue weighted by molar-refractivity contribution is 7.90. The number of methoxy groups -OCH3 is 2. The predicted octanol–water partition coefficient (Wildman–Crippen LogP) is 1.28. The molecule has 0 heterocycles. The number of nitrogens with two attached hydrogens (primary N) is 1. The van der Waals surface area contributed by atoms with E-state index in [0.29, 0.717) is 11.3 Å². The average molecular weight is 287 g/mol. The van der Waals surface area contributed by atoms with E-state index in [1.54, 1.807) is 12.1 Å². The quantitative estimate of drug-likeness (QED) is 0.817. The summed E-state index contributed by atoms with van der Waals surface area (Å²) in [5.41, 5.74) is 7.33. The smallest absolute Gasteiger partial charge is 0.156 e. The summed E-state index contributed by atoms with van der Waals surface area (Å²) in [5, 5.41) is 0. The number of hydrogen-bond donors (Lipinski definition) is 1. The molecule has 0 bridgehead atoms. The second-order valence-electron chi connectivity index (χ2n) is 4.44. The fourth-order valence-corrected chi connectivity index (χ4v) is 2.98. The number of hydrogen-bond acceptors (Lipinski definition) is 5.